The molecule has 2 heterocycles. The number of halogens is 1. The highest BCUT2D eigenvalue weighted by Gasteiger charge is 2.16. The third-order valence-corrected chi connectivity index (χ3v) is 6.03. The Morgan fingerprint density at radius 1 is 1.12 bits per heavy atom. The number of aromatic nitrogens is 2. The molecule has 0 aliphatic carbocycles. The number of anilines is 2. The van der Waals surface area contributed by atoms with E-state index in [9.17, 15) is 9.50 Å². The number of methoxy groups -OCH3 is 1. The lowest BCUT2D eigenvalue weighted by atomic mass is 10.1. The van der Waals surface area contributed by atoms with Crippen molar-refractivity contribution in [1.82, 2.24) is 19.8 Å². The van der Waals surface area contributed by atoms with E-state index in [-0.39, 0.29) is 11.4 Å². The van der Waals surface area contributed by atoms with Gasteiger partial charge >= 0.3 is 0 Å². The summed E-state index contributed by atoms with van der Waals surface area (Å²) >= 11 is 0. The summed E-state index contributed by atoms with van der Waals surface area (Å²) in [5.41, 5.74) is 1.20. The summed E-state index contributed by atoms with van der Waals surface area (Å²) in [6.07, 6.45) is 2.56. The molecule has 33 heavy (non-hydrogen) atoms. The molecule has 4 rings (SSSR count). The fourth-order valence-corrected chi connectivity index (χ4v) is 3.98. The molecule has 176 valence electrons. The molecule has 1 fully saturated rings. The number of aromatic hydroxyl groups is 1. The van der Waals surface area contributed by atoms with E-state index in [2.05, 4.69) is 32.1 Å². The zero-order chi connectivity index (χ0) is 23.4. The molecule has 0 saturated carbocycles. The number of benzene rings is 2. The zero-order valence-electron chi connectivity index (χ0n) is 19.3. The van der Waals surface area contributed by atoms with Gasteiger partial charge in [0.2, 0.25) is 0 Å². The molecule has 0 spiro atoms. The highest BCUT2D eigenvalue weighted by molar-refractivity contribution is 5.93. The van der Waals surface area contributed by atoms with E-state index in [1.54, 1.807) is 20.1 Å². The molecule has 2 N–H and O–H groups in total. The molecule has 9 heteroatoms. The van der Waals surface area contributed by atoms with Gasteiger partial charge in [-0.15, -0.1) is 0 Å². The van der Waals surface area contributed by atoms with Crippen molar-refractivity contribution < 1.29 is 19.0 Å². The number of ether oxygens (including phenoxy) is 2. The van der Waals surface area contributed by atoms with Crippen molar-refractivity contribution in [3.63, 3.8) is 0 Å². The quantitative estimate of drug-likeness (QED) is 0.560. The number of nitrogens with one attached hydrogen (secondary N) is 1. The lowest BCUT2D eigenvalue weighted by Crippen LogP contribution is -2.32. The standard InChI is InChI=1S/C24H30FN5O3/c1-16-20(31)6-5-18(25)23(16)28-24-17-13-21(32-3)22(14-19(17)26-15-27-24)33-12-11-30-8-4-7-29(2)9-10-30/h5-6,13-15,31H,4,7-12H2,1-3H3,(H,26,27,28). The Balaban J connectivity index is 1.54. The Morgan fingerprint density at radius 3 is 2.79 bits per heavy atom. The second-order valence-electron chi connectivity index (χ2n) is 8.28. The Bertz CT molecular complexity index is 1130. The monoisotopic (exact) mass is 455 g/mol. The third kappa shape index (κ3) is 5.26. The Hall–Kier alpha value is -3.17. The van der Waals surface area contributed by atoms with Gasteiger partial charge in [-0.05, 0) is 51.7 Å². The van der Waals surface area contributed by atoms with Gasteiger partial charge < -0.3 is 24.8 Å². The van der Waals surface area contributed by atoms with E-state index < -0.39 is 5.82 Å². The van der Waals surface area contributed by atoms with Crippen LogP contribution in [-0.4, -0.2) is 78.4 Å². The van der Waals surface area contributed by atoms with Crippen LogP contribution < -0.4 is 14.8 Å². The van der Waals surface area contributed by atoms with Crippen LogP contribution in [0.5, 0.6) is 17.2 Å². The Morgan fingerprint density at radius 2 is 1.97 bits per heavy atom. The predicted molar refractivity (Wildman–Crippen MR) is 126 cm³/mol. The molecular weight excluding hydrogens is 425 g/mol. The van der Waals surface area contributed by atoms with Gasteiger partial charge in [0.15, 0.2) is 11.5 Å². The van der Waals surface area contributed by atoms with Gasteiger partial charge in [-0.2, -0.15) is 0 Å². The largest absolute Gasteiger partial charge is 0.508 e. The summed E-state index contributed by atoms with van der Waals surface area (Å²) in [6, 6.07) is 6.13. The van der Waals surface area contributed by atoms with Crippen LogP contribution in [0.1, 0.15) is 12.0 Å². The highest BCUT2D eigenvalue weighted by Crippen LogP contribution is 2.36. The van der Waals surface area contributed by atoms with Gasteiger partial charge in [0.05, 0.1) is 18.3 Å². The van der Waals surface area contributed by atoms with E-state index in [0.29, 0.717) is 40.4 Å². The molecule has 1 saturated heterocycles. The van der Waals surface area contributed by atoms with Crippen molar-refractivity contribution in [3.8, 4) is 17.2 Å². The van der Waals surface area contributed by atoms with Crippen LogP contribution in [0.15, 0.2) is 30.6 Å². The van der Waals surface area contributed by atoms with Crippen molar-refractivity contribution in [2.45, 2.75) is 13.3 Å². The van der Waals surface area contributed by atoms with Crippen molar-refractivity contribution in [2.24, 2.45) is 0 Å². The fraction of sp³-hybridized carbons (Fsp3) is 0.417. The normalized spacial score (nSPS) is 15.4. The molecule has 0 amide bonds. The average Bonchev–Trinajstić information content (AvgIpc) is 3.02. The number of nitrogens with zero attached hydrogens (tertiary/aromatic N) is 4. The summed E-state index contributed by atoms with van der Waals surface area (Å²) in [7, 11) is 3.73. The topological polar surface area (TPSA) is 83.0 Å². The maximum atomic E-state index is 14.4. The van der Waals surface area contributed by atoms with Gasteiger partial charge in [0, 0.05) is 36.7 Å². The second-order valence-corrected chi connectivity index (χ2v) is 8.28. The van der Waals surface area contributed by atoms with Crippen molar-refractivity contribution >= 4 is 22.4 Å². The van der Waals surface area contributed by atoms with Crippen LogP contribution in [0.3, 0.4) is 0 Å². The number of phenolic OH excluding ortho intramolecular Hbond substituents is 1. The van der Waals surface area contributed by atoms with E-state index in [0.717, 1.165) is 39.1 Å². The molecule has 0 bridgehead atoms. The predicted octanol–water partition coefficient (Wildman–Crippen LogP) is 3.55. The van der Waals surface area contributed by atoms with E-state index in [1.165, 1.54) is 18.5 Å². The van der Waals surface area contributed by atoms with Gasteiger partial charge in [-0.3, -0.25) is 4.90 Å². The average molecular weight is 456 g/mol. The number of likely N-dealkylation sites (N-methyl/N-ethyl adjacent to an activating group) is 1. The van der Waals surface area contributed by atoms with Gasteiger partial charge in [0.1, 0.15) is 30.3 Å². The smallest absolute Gasteiger partial charge is 0.163 e. The molecule has 0 atom stereocenters. The second kappa shape index (κ2) is 10.2. The number of fused-ring (bicyclic) bond motifs is 1. The first-order valence-electron chi connectivity index (χ1n) is 11.1. The SMILES string of the molecule is COc1cc2c(Nc3c(F)ccc(O)c3C)ncnc2cc1OCCN1CCCN(C)CC1. The van der Waals surface area contributed by atoms with Crippen LogP contribution in [0.25, 0.3) is 10.9 Å². The fourth-order valence-electron chi connectivity index (χ4n) is 3.98. The number of hydrogen-bond acceptors (Lipinski definition) is 8. The van der Waals surface area contributed by atoms with E-state index in [4.69, 9.17) is 9.47 Å². The maximum Gasteiger partial charge on any atom is 0.163 e. The first-order chi connectivity index (χ1) is 16.0. The van der Waals surface area contributed by atoms with Crippen molar-refractivity contribution in [3.05, 3.63) is 42.0 Å². The third-order valence-electron chi connectivity index (χ3n) is 6.03. The number of hydrogen-bond donors (Lipinski definition) is 2. The minimum atomic E-state index is -0.483. The zero-order valence-corrected chi connectivity index (χ0v) is 19.3. The summed E-state index contributed by atoms with van der Waals surface area (Å²) < 4.78 is 26.0. The summed E-state index contributed by atoms with van der Waals surface area (Å²) in [5, 5.41) is 13.6. The van der Waals surface area contributed by atoms with Gasteiger partial charge in [-0.25, -0.2) is 14.4 Å². The number of phenols is 1. The minimum absolute atomic E-state index is 0.00146. The summed E-state index contributed by atoms with van der Waals surface area (Å²) in [5.74, 6) is 1.07. The molecule has 2 aromatic carbocycles. The van der Waals surface area contributed by atoms with Crippen LogP contribution in [0, 0.1) is 12.7 Å². The maximum absolute atomic E-state index is 14.4. The molecule has 1 aliphatic rings. The van der Waals surface area contributed by atoms with Crippen molar-refractivity contribution in [2.75, 3.05) is 58.8 Å². The van der Waals surface area contributed by atoms with Crippen LogP contribution in [0.2, 0.25) is 0 Å². The molecule has 8 nitrogen and oxygen atoms in total. The Labute approximate surface area is 193 Å². The van der Waals surface area contributed by atoms with Crippen LogP contribution >= 0.6 is 0 Å². The van der Waals surface area contributed by atoms with Crippen molar-refractivity contribution in [1.29, 1.82) is 0 Å². The van der Waals surface area contributed by atoms with Gasteiger partial charge in [0.25, 0.3) is 0 Å². The molecule has 1 aromatic heterocycles. The molecule has 0 unspecified atom stereocenters. The molecule has 3 aromatic rings. The molecule has 1 aliphatic heterocycles. The van der Waals surface area contributed by atoms with Crippen LogP contribution in [0.4, 0.5) is 15.9 Å². The van der Waals surface area contributed by atoms with E-state index >= 15 is 0 Å². The first-order valence-corrected chi connectivity index (χ1v) is 11.1. The lowest BCUT2D eigenvalue weighted by molar-refractivity contribution is 0.208. The molecule has 0 radical (unpaired) electrons. The summed E-state index contributed by atoms with van der Waals surface area (Å²) in [6.45, 7) is 7.29. The Kier molecular flexibility index (Phi) is 7.10. The highest BCUT2D eigenvalue weighted by atomic mass is 19.1. The molecular formula is C24H30FN5O3. The van der Waals surface area contributed by atoms with E-state index in [1.807, 2.05) is 6.07 Å². The van der Waals surface area contributed by atoms with Crippen LogP contribution in [-0.2, 0) is 0 Å². The number of rotatable bonds is 7. The summed E-state index contributed by atoms with van der Waals surface area (Å²) in [4.78, 5) is 13.4. The lowest BCUT2D eigenvalue weighted by Gasteiger charge is -2.20. The minimum Gasteiger partial charge on any atom is -0.508 e. The van der Waals surface area contributed by atoms with Gasteiger partial charge in [-0.1, -0.05) is 0 Å². The first kappa shape index (κ1) is 23.0.